The highest BCUT2D eigenvalue weighted by atomic mass is 19.4. The number of hydrogen-bond acceptors (Lipinski definition) is 7. The predicted octanol–water partition coefficient (Wildman–Crippen LogP) is 3.72. The van der Waals surface area contributed by atoms with Crippen molar-refractivity contribution < 1.29 is 18.0 Å². The van der Waals surface area contributed by atoms with Crippen LogP contribution in [0.2, 0.25) is 0 Å². The Labute approximate surface area is 188 Å². The number of nitrogens with one attached hydrogen (secondary N) is 2. The van der Waals surface area contributed by atoms with E-state index in [1.807, 2.05) is 24.8 Å². The number of anilines is 3. The van der Waals surface area contributed by atoms with E-state index in [1.54, 1.807) is 24.5 Å². The molecule has 3 heterocycles. The third-order valence-electron chi connectivity index (χ3n) is 5.23. The summed E-state index contributed by atoms with van der Waals surface area (Å²) in [5.41, 5.74) is 1.90. The van der Waals surface area contributed by atoms with E-state index in [0.29, 0.717) is 31.1 Å². The Bertz CT molecular complexity index is 1150. The summed E-state index contributed by atoms with van der Waals surface area (Å²) in [6.45, 7) is 4.96. The zero-order valence-corrected chi connectivity index (χ0v) is 18.0. The molecule has 8 nitrogen and oxygen atoms in total. The summed E-state index contributed by atoms with van der Waals surface area (Å²) >= 11 is 0. The number of piperazine rings is 1. The van der Waals surface area contributed by atoms with E-state index < -0.39 is 11.9 Å². The third-order valence-corrected chi connectivity index (χ3v) is 5.23. The lowest BCUT2D eigenvalue weighted by Gasteiger charge is -2.34. The fraction of sp³-hybridized carbons (Fsp3) is 0.318. The number of benzene rings is 1. The molecule has 1 unspecified atom stereocenters. The molecule has 0 saturated carbocycles. The number of nitrogens with zero attached hydrogens (tertiary/aromatic N) is 5. The molecule has 1 aliphatic rings. The lowest BCUT2D eigenvalue weighted by Crippen LogP contribution is -2.55. The molecule has 2 N–H and O–H groups in total. The summed E-state index contributed by atoms with van der Waals surface area (Å²) in [6, 6.07) is 5.96. The molecule has 1 fully saturated rings. The first-order chi connectivity index (χ1) is 15.7. The van der Waals surface area contributed by atoms with Gasteiger partial charge in [-0.15, -0.1) is 0 Å². The van der Waals surface area contributed by atoms with Crippen molar-refractivity contribution in [2.45, 2.75) is 32.5 Å². The molecule has 0 bridgehead atoms. The average Bonchev–Trinajstić information content (AvgIpc) is 2.78. The first kappa shape index (κ1) is 22.4. The van der Waals surface area contributed by atoms with Crippen LogP contribution < -0.4 is 15.5 Å². The maximum Gasteiger partial charge on any atom is 0.433 e. The summed E-state index contributed by atoms with van der Waals surface area (Å²) in [6.07, 6.45) is 0.483. The number of alkyl halides is 3. The number of carbonyl (C=O) groups excluding carboxylic acids is 1. The number of halogens is 3. The maximum atomic E-state index is 12.9. The Hall–Kier alpha value is -3.76. The number of aromatic nitrogens is 4. The second kappa shape index (κ2) is 9.00. The van der Waals surface area contributed by atoms with E-state index in [9.17, 15) is 18.0 Å². The summed E-state index contributed by atoms with van der Waals surface area (Å²) < 4.78 is 38.8. The van der Waals surface area contributed by atoms with E-state index in [-0.39, 0.29) is 17.9 Å². The minimum absolute atomic E-state index is 0.0392. The van der Waals surface area contributed by atoms with Gasteiger partial charge >= 0.3 is 6.18 Å². The molecule has 11 heteroatoms. The molecule has 4 rings (SSSR count). The van der Waals surface area contributed by atoms with Crippen LogP contribution in [-0.2, 0) is 11.0 Å². The van der Waals surface area contributed by atoms with Crippen LogP contribution in [0.3, 0.4) is 0 Å². The lowest BCUT2D eigenvalue weighted by atomic mass is 10.1. The zero-order chi connectivity index (χ0) is 23.6. The van der Waals surface area contributed by atoms with Crippen molar-refractivity contribution >= 4 is 23.5 Å². The Kier molecular flexibility index (Phi) is 6.12. The topological polar surface area (TPSA) is 95.9 Å². The number of hydrogen-bond donors (Lipinski definition) is 2. The van der Waals surface area contributed by atoms with Crippen molar-refractivity contribution in [3.05, 3.63) is 54.1 Å². The van der Waals surface area contributed by atoms with Crippen molar-refractivity contribution in [2.24, 2.45) is 0 Å². The number of aryl methyl sites for hydroxylation is 1. The van der Waals surface area contributed by atoms with Gasteiger partial charge in [-0.2, -0.15) is 13.2 Å². The normalized spacial score (nSPS) is 16.5. The number of rotatable bonds is 5. The second-order valence-electron chi connectivity index (χ2n) is 7.66. The molecule has 1 atom stereocenters. The van der Waals surface area contributed by atoms with Crippen LogP contribution in [-0.4, -0.2) is 45.0 Å². The van der Waals surface area contributed by atoms with Gasteiger partial charge in [0.15, 0.2) is 0 Å². The van der Waals surface area contributed by atoms with Gasteiger partial charge in [0.05, 0.1) is 0 Å². The number of carbonyl (C=O) groups is 1. The smallest absolute Gasteiger partial charge is 0.353 e. The summed E-state index contributed by atoms with van der Waals surface area (Å²) in [5, 5.41) is 5.68. The van der Waals surface area contributed by atoms with Crippen molar-refractivity contribution in [3.63, 3.8) is 0 Å². The minimum Gasteiger partial charge on any atom is -0.353 e. The Morgan fingerprint density at radius 2 is 1.91 bits per heavy atom. The highest BCUT2D eigenvalue weighted by Crippen LogP contribution is 2.29. The fourth-order valence-electron chi connectivity index (χ4n) is 3.71. The van der Waals surface area contributed by atoms with Crippen molar-refractivity contribution in [1.82, 2.24) is 25.3 Å². The predicted molar refractivity (Wildman–Crippen MR) is 117 cm³/mol. The average molecular weight is 457 g/mol. The third kappa shape index (κ3) is 5.02. The molecule has 1 aromatic carbocycles. The molecule has 2 aromatic heterocycles. The van der Waals surface area contributed by atoms with E-state index >= 15 is 0 Å². The van der Waals surface area contributed by atoms with Crippen LogP contribution >= 0.6 is 0 Å². The van der Waals surface area contributed by atoms with E-state index in [1.165, 1.54) is 0 Å². The van der Waals surface area contributed by atoms with Crippen LogP contribution in [0, 0.1) is 6.92 Å². The van der Waals surface area contributed by atoms with Gasteiger partial charge in [0.25, 0.3) is 0 Å². The van der Waals surface area contributed by atoms with Gasteiger partial charge in [0.1, 0.15) is 11.7 Å². The molecule has 1 aliphatic heterocycles. The quantitative estimate of drug-likeness (QED) is 0.603. The summed E-state index contributed by atoms with van der Waals surface area (Å²) in [5.74, 6) is 0.286. The van der Waals surface area contributed by atoms with Crippen LogP contribution in [0.15, 0.2) is 42.9 Å². The van der Waals surface area contributed by atoms with Crippen molar-refractivity contribution in [3.8, 4) is 11.1 Å². The molecule has 0 radical (unpaired) electrons. The highest BCUT2D eigenvalue weighted by Gasteiger charge is 2.33. The van der Waals surface area contributed by atoms with Gasteiger partial charge in [-0.25, -0.2) is 19.9 Å². The van der Waals surface area contributed by atoms with Crippen LogP contribution in [0.5, 0.6) is 0 Å². The van der Waals surface area contributed by atoms with Gasteiger partial charge in [-0.05, 0) is 42.7 Å². The molecule has 33 heavy (non-hydrogen) atoms. The van der Waals surface area contributed by atoms with Crippen molar-refractivity contribution in [1.29, 1.82) is 0 Å². The minimum atomic E-state index is -4.55. The van der Waals surface area contributed by atoms with Gasteiger partial charge < -0.3 is 15.5 Å². The molecule has 0 aliphatic carbocycles. The van der Waals surface area contributed by atoms with Gasteiger partial charge in [0.2, 0.25) is 17.8 Å². The Morgan fingerprint density at radius 3 is 2.61 bits per heavy atom. The first-order valence-electron chi connectivity index (χ1n) is 10.4. The van der Waals surface area contributed by atoms with E-state index in [2.05, 4.69) is 30.6 Å². The van der Waals surface area contributed by atoms with Crippen LogP contribution in [0.1, 0.15) is 24.6 Å². The van der Waals surface area contributed by atoms with Gasteiger partial charge in [0, 0.05) is 42.9 Å². The summed E-state index contributed by atoms with van der Waals surface area (Å²) in [4.78, 5) is 30.3. The highest BCUT2D eigenvalue weighted by molar-refractivity contribution is 5.85. The SMILES string of the molecule is CCC1C(=O)NCCN1c1ncc(-c2cc(C)cc(Nc3nccc(C(F)(F)F)n3)c2)cn1. The molecule has 3 aromatic rings. The molecular formula is C22H22F3N7O. The Balaban J connectivity index is 1.57. The number of amides is 1. The first-order valence-corrected chi connectivity index (χ1v) is 10.4. The molecular weight excluding hydrogens is 435 g/mol. The molecule has 1 saturated heterocycles. The maximum absolute atomic E-state index is 12.9. The van der Waals surface area contributed by atoms with Crippen LogP contribution in [0.25, 0.3) is 11.1 Å². The van der Waals surface area contributed by atoms with E-state index in [4.69, 9.17) is 0 Å². The Morgan fingerprint density at radius 1 is 1.15 bits per heavy atom. The second-order valence-corrected chi connectivity index (χ2v) is 7.66. The monoisotopic (exact) mass is 457 g/mol. The zero-order valence-electron chi connectivity index (χ0n) is 18.0. The molecule has 172 valence electrons. The lowest BCUT2D eigenvalue weighted by molar-refractivity contribution is -0.141. The van der Waals surface area contributed by atoms with Crippen LogP contribution in [0.4, 0.5) is 30.8 Å². The summed E-state index contributed by atoms with van der Waals surface area (Å²) in [7, 11) is 0. The van der Waals surface area contributed by atoms with E-state index in [0.717, 1.165) is 29.0 Å². The largest absolute Gasteiger partial charge is 0.433 e. The van der Waals surface area contributed by atoms with Crippen molar-refractivity contribution in [2.75, 3.05) is 23.3 Å². The van der Waals surface area contributed by atoms with Gasteiger partial charge in [-0.3, -0.25) is 4.79 Å². The van der Waals surface area contributed by atoms with Gasteiger partial charge in [-0.1, -0.05) is 13.0 Å². The molecule has 0 spiro atoms. The molecule has 1 amide bonds. The fourth-order valence-corrected chi connectivity index (χ4v) is 3.71. The standard InChI is InChI=1S/C22H22F3N7O/c1-3-17-19(33)26-6-7-32(17)21-28-11-15(12-29-21)14-8-13(2)9-16(10-14)30-20-27-5-4-18(31-20)22(23,24)25/h4-5,8-12,17H,3,6-7H2,1-2H3,(H,26,33)(H,27,30,31).